The Morgan fingerprint density at radius 3 is 2.53 bits per heavy atom. The number of hydrogen-bond donors (Lipinski definition) is 1. The van der Waals surface area contributed by atoms with Gasteiger partial charge in [-0.2, -0.15) is 11.8 Å². The molecule has 1 N–H and O–H groups in total. The van der Waals surface area contributed by atoms with E-state index in [2.05, 4.69) is 11.6 Å². The lowest BCUT2D eigenvalue weighted by molar-refractivity contribution is -0.151. The molecule has 2 amide bonds. The Kier molecular flexibility index (Phi) is 6.69. The second kappa shape index (κ2) is 7.78. The zero-order valence-electron chi connectivity index (χ0n) is 12.4. The summed E-state index contributed by atoms with van der Waals surface area (Å²) >= 11 is 1.82. The lowest BCUT2D eigenvalue weighted by atomic mass is 9.96. The van der Waals surface area contributed by atoms with Gasteiger partial charge in [-0.1, -0.05) is 20.8 Å². The van der Waals surface area contributed by atoms with Crippen LogP contribution in [0, 0.1) is 5.92 Å². The summed E-state index contributed by atoms with van der Waals surface area (Å²) in [5.41, 5.74) is 0. The second-order valence-corrected chi connectivity index (χ2v) is 6.38. The summed E-state index contributed by atoms with van der Waals surface area (Å²) < 4.78 is 0. The zero-order valence-corrected chi connectivity index (χ0v) is 13.3. The van der Waals surface area contributed by atoms with Crippen LogP contribution in [0.4, 0.5) is 0 Å². The van der Waals surface area contributed by atoms with Crippen molar-refractivity contribution in [1.29, 1.82) is 0 Å². The Hall–Kier alpha value is -0.710. The van der Waals surface area contributed by atoms with Crippen molar-refractivity contribution >= 4 is 23.6 Å². The van der Waals surface area contributed by atoms with Gasteiger partial charge in [0.05, 0.1) is 0 Å². The first-order valence-electron chi connectivity index (χ1n) is 7.12. The van der Waals surface area contributed by atoms with E-state index in [0.717, 1.165) is 18.6 Å². The van der Waals surface area contributed by atoms with Crippen molar-refractivity contribution in [2.75, 3.05) is 18.6 Å². The smallest absolute Gasteiger partial charge is 0.245 e. The molecule has 1 rings (SSSR count). The molecule has 0 radical (unpaired) electrons. The highest BCUT2D eigenvalue weighted by Gasteiger charge is 2.40. The Balaban J connectivity index is 2.72. The van der Waals surface area contributed by atoms with Gasteiger partial charge in [0.1, 0.15) is 12.1 Å². The van der Waals surface area contributed by atoms with E-state index in [1.54, 1.807) is 4.90 Å². The lowest BCUT2D eigenvalue weighted by Crippen LogP contribution is -2.64. The van der Waals surface area contributed by atoms with Crippen LogP contribution in [0.3, 0.4) is 0 Å². The summed E-state index contributed by atoms with van der Waals surface area (Å²) in [5.74, 6) is 1.36. The van der Waals surface area contributed by atoms with Crippen molar-refractivity contribution in [1.82, 2.24) is 10.2 Å². The molecular weight excluding hydrogens is 260 g/mol. The normalized spacial score (nSPS) is 23.9. The van der Waals surface area contributed by atoms with Gasteiger partial charge in [0.25, 0.3) is 0 Å². The number of piperazine rings is 1. The molecule has 2 atom stereocenters. The van der Waals surface area contributed by atoms with E-state index in [4.69, 9.17) is 0 Å². The van der Waals surface area contributed by atoms with Crippen molar-refractivity contribution in [3.63, 3.8) is 0 Å². The van der Waals surface area contributed by atoms with Gasteiger partial charge < -0.3 is 10.2 Å². The fourth-order valence-electron chi connectivity index (χ4n) is 2.51. The topological polar surface area (TPSA) is 49.4 Å². The predicted molar refractivity (Wildman–Crippen MR) is 80.2 cm³/mol. The number of nitrogens with zero attached hydrogens (tertiary/aromatic N) is 1. The highest BCUT2D eigenvalue weighted by molar-refractivity contribution is 7.98. The van der Waals surface area contributed by atoms with E-state index in [9.17, 15) is 9.59 Å². The van der Waals surface area contributed by atoms with Crippen molar-refractivity contribution < 1.29 is 9.59 Å². The fraction of sp³-hybridized carbons (Fsp3) is 0.857. The molecule has 1 fully saturated rings. The van der Waals surface area contributed by atoms with Gasteiger partial charge in [0, 0.05) is 6.54 Å². The summed E-state index contributed by atoms with van der Waals surface area (Å²) in [7, 11) is 0. The SMILES string of the molecule is CCC1NC(=O)C(C(C)C)N(CCCCSC)C1=O. The number of hydrogen-bond acceptors (Lipinski definition) is 3. The second-order valence-electron chi connectivity index (χ2n) is 5.39. The summed E-state index contributed by atoms with van der Waals surface area (Å²) in [6.45, 7) is 6.63. The molecule has 0 spiro atoms. The first kappa shape index (κ1) is 16.3. The van der Waals surface area contributed by atoms with E-state index < -0.39 is 0 Å². The van der Waals surface area contributed by atoms with E-state index in [0.29, 0.717) is 13.0 Å². The average molecular weight is 286 g/mol. The van der Waals surface area contributed by atoms with Crippen LogP contribution in [0.2, 0.25) is 0 Å². The van der Waals surface area contributed by atoms with Crippen molar-refractivity contribution in [2.45, 2.75) is 52.1 Å². The van der Waals surface area contributed by atoms with E-state index in [1.165, 1.54) is 0 Å². The number of amides is 2. The Morgan fingerprint density at radius 2 is 2.00 bits per heavy atom. The maximum absolute atomic E-state index is 12.4. The zero-order chi connectivity index (χ0) is 14.4. The highest BCUT2D eigenvalue weighted by Crippen LogP contribution is 2.19. The lowest BCUT2D eigenvalue weighted by Gasteiger charge is -2.40. The van der Waals surface area contributed by atoms with Gasteiger partial charge in [0.2, 0.25) is 11.8 Å². The molecule has 5 heteroatoms. The standard InChI is InChI=1S/C14H26N2O2S/c1-5-11-14(18)16(8-6-7-9-19-4)12(10(2)3)13(17)15-11/h10-12H,5-9H2,1-4H3,(H,15,17). The third-order valence-electron chi connectivity index (χ3n) is 3.54. The van der Waals surface area contributed by atoms with Crippen LogP contribution in [-0.4, -0.2) is 47.4 Å². The molecule has 0 aromatic rings. The molecule has 0 saturated carbocycles. The van der Waals surface area contributed by atoms with Crippen LogP contribution in [-0.2, 0) is 9.59 Å². The minimum Gasteiger partial charge on any atom is -0.343 e. The molecule has 19 heavy (non-hydrogen) atoms. The molecular formula is C14H26N2O2S. The van der Waals surface area contributed by atoms with Crippen LogP contribution in [0.5, 0.6) is 0 Å². The Morgan fingerprint density at radius 1 is 1.32 bits per heavy atom. The largest absolute Gasteiger partial charge is 0.343 e. The Bertz CT molecular complexity index is 321. The van der Waals surface area contributed by atoms with E-state index in [-0.39, 0.29) is 29.8 Å². The molecule has 1 aliphatic heterocycles. The van der Waals surface area contributed by atoms with Crippen molar-refractivity contribution in [3.05, 3.63) is 0 Å². The van der Waals surface area contributed by atoms with E-state index in [1.807, 2.05) is 32.5 Å². The van der Waals surface area contributed by atoms with Gasteiger partial charge in [-0.15, -0.1) is 0 Å². The predicted octanol–water partition coefficient (Wildman–Crippen LogP) is 1.89. The molecule has 1 aliphatic rings. The van der Waals surface area contributed by atoms with Crippen LogP contribution >= 0.6 is 11.8 Å². The number of rotatable bonds is 7. The molecule has 1 heterocycles. The first-order valence-corrected chi connectivity index (χ1v) is 8.52. The Labute approximate surface area is 120 Å². The summed E-state index contributed by atoms with van der Waals surface area (Å²) in [6.07, 6.45) is 4.81. The average Bonchev–Trinajstić information content (AvgIpc) is 2.37. The summed E-state index contributed by atoms with van der Waals surface area (Å²) in [4.78, 5) is 26.3. The number of carbonyl (C=O) groups excluding carboxylic acids is 2. The molecule has 1 saturated heterocycles. The molecule has 0 aromatic heterocycles. The quantitative estimate of drug-likeness (QED) is 0.727. The third-order valence-corrected chi connectivity index (χ3v) is 4.24. The summed E-state index contributed by atoms with van der Waals surface area (Å²) in [5, 5.41) is 2.84. The third kappa shape index (κ3) is 4.13. The molecule has 4 nitrogen and oxygen atoms in total. The van der Waals surface area contributed by atoms with Gasteiger partial charge in [-0.05, 0) is 37.2 Å². The van der Waals surface area contributed by atoms with E-state index >= 15 is 0 Å². The number of thioether (sulfide) groups is 1. The molecule has 0 bridgehead atoms. The number of unbranched alkanes of at least 4 members (excludes halogenated alkanes) is 1. The molecule has 0 aromatic carbocycles. The number of carbonyl (C=O) groups is 2. The minimum atomic E-state index is -0.331. The van der Waals surface area contributed by atoms with Gasteiger partial charge in [-0.25, -0.2) is 0 Å². The van der Waals surface area contributed by atoms with Crippen LogP contribution < -0.4 is 5.32 Å². The maximum atomic E-state index is 12.4. The minimum absolute atomic E-state index is 0.00585. The molecule has 110 valence electrons. The number of nitrogens with one attached hydrogen (secondary N) is 1. The van der Waals surface area contributed by atoms with Gasteiger partial charge in [-0.3, -0.25) is 9.59 Å². The van der Waals surface area contributed by atoms with Crippen molar-refractivity contribution in [2.24, 2.45) is 5.92 Å². The maximum Gasteiger partial charge on any atom is 0.245 e. The summed E-state index contributed by atoms with van der Waals surface area (Å²) in [6, 6.07) is -0.632. The van der Waals surface area contributed by atoms with Crippen molar-refractivity contribution in [3.8, 4) is 0 Å². The van der Waals surface area contributed by atoms with Crippen LogP contribution in [0.15, 0.2) is 0 Å². The van der Waals surface area contributed by atoms with Gasteiger partial charge >= 0.3 is 0 Å². The first-order chi connectivity index (χ1) is 9.02. The molecule has 0 aliphatic carbocycles. The molecule has 2 unspecified atom stereocenters. The fourth-order valence-corrected chi connectivity index (χ4v) is 3.01. The van der Waals surface area contributed by atoms with Gasteiger partial charge in [0.15, 0.2) is 0 Å². The highest BCUT2D eigenvalue weighted by atomic mass is 32.2. The monoisotopic (exact) mass is 286 g/mol. The van der Waals surface area contributed by atoms with Crippen LogP contribution in [0.25, 0.3) is 0 Å². The van der Waals surface area contributed by atoms with Crippen LogP contribution in [0.1, 0.15) is 40.0 Å².